The second-order valence-corrected chi connectivity index (χ2v) is 15.6. The van der Waals surface area contributed by atoms with Crippen molar-refractivity contribution in [1.82, 2.24) is 0 Å². The molecule has 4 rings (SSSR count). The highest BCUT2D eigenvalue weighted by Crippen LogP contribution is 2.60. The van der Waals surface area contributed by atoms with Crippen molar-refractivity contribution < 1.29 is 9.16 Å². The number of ether oxygens (including phenoxy) is 1. The van der Waals surface area contributed by atoms with Crippen molar-refractivity contribution in [3.05, 3.63) is 60.7 Å². The summed E-state index contributed by atoms with van der Waals surface area (Å²) >= 11 is 0. The second-order valence-electron chi connectivity index (χ2n) is 11.3. The highest BCUT2D eigenvalue weighted by molar-refractivity contribution is 6.99. The van der Waals surface area contributed by atoms with Crippen molar-refractivity contribution in [2.75, 3.05) is 6.61 Å². The Morgan fingerprint density at radius 3 is 1.90 bits per heavy atom. The van der Waals surface area contributed by atoms with Gasteiger partial charge in [0, 0.05) is 12.5 Å². The van der Waals surface area contributed by atoms with Crippen LogP contribution in [0.2, 0.25) is 5.04 Å². The molecular formula is C27H38O2Si. The number of rotatable bonds is 5. The average Bonchev–Trinajstić information content (AvgIpc) is 3.35. The third kappa shape index (κ3) is 3.30. The van der Waals surface area contributed by atoms with Crippen molar-refractivity contribution in [2.45, 2.75) is 71.6 Å². The summed E-state index contributed by atoms with van der Waals surface area (Å²) in [4.78, 5) is 0. The number of hydrogen-bond donors (Lipinski definition) is 0. The number of epoxide rings is 1. The van der Waals surface area contributed by atoms with E-state index in [0.29, 0.717) is 17.9 Å². The zero-order valence-electron chi connectivity index (χ0n) is 19.7. The van der Waals surface area contributed by atoms with Crippen LogP contribution in [0.4, 0.5) is 0 Å². The van der Waals surface area contributed by atoms with Gasteiger partial charge in [0.25, 0.3) is 8.32 Å². The minimum absolute atomic E-state index is 0.00481. The molecule has 2 fully saturated rings. The van der Waals surface area contributed by atoms with Crippen LogP contribution in [0.5, 0.6) is 0 Å². The summed E-state index contributed by atoms with van der Waals surface area (Å²) < 4.78 is 13.6. The Bertz CT molecular complexity index is 831. The molecule has 1 aliphatic heterocycles. The van der Waals surface area contributed by atoms with E-state index in [4.69, 9.17) is 9.16 Å². The highest BCUT2D eigenvalue weighted by atomic mass is 28.4. The van der Waals surface area contributed by atoms with Crippen LogP contribution in [0.1, 0.15) is 54.9 Å². The molecule has 1 saturated carbocycles. The van der Waals surface area contributed by atoms with E-state index in [1.807, 2.05) is 0 Å². The topological polar surface area (TPSA) is 21.8 Å². The van der Waals surface area contributed by atoms with Crippen LogP contribution in [0, 0.1) is 17.3 Å². The fourth-order valence-corrected chi connectivity index (χ4v) is 10.5. The quantitative estimate of drug-likeness (QED) is 0.475. The Hall–Kier alpha value is -1.42. The molecule has 0 unspecified atom stereocenters. The van der Waals surface area contributed by atoms with E-state index in [0.717, 1.165) is 6.61 Å². The summed E-state index contributed by atoms with van der Waals surface area (Å²) in [7, 11) is -2.52. The molecule has 2 aromatic carbocycles. The largest absolute Gasteiger partial charge is 0.407 e. The third-order valence-electron chi connectivity index (χ3n) is 8.29. The Balaban J connectivity index is 1.78. The lowest BCUT2D eigenvalue weighted by Crippen LogP contribution is -2.67. The first kappa shape index (κ1) is 21.8. The van der Waals surface area contributed by atoms with Crippen molar-refractivity contribution in [3.8, 4) is 0 Å². The zero-order valence-corrected chi connectivity index (χ0v) is 20.7. The lowest BCUT2D eigenvalue weighted by atomic mass is 9.59. The summed E-state index contributed by atoms with van der Waals surface area (Å²) in [6.07, 6.45) is 1.56. The maximum atomic E-state index is 7.31. The van der Waals surface area contributed by atoms with Gasteiger partial charge in [-0.25, -0.2) is 0 Å². The van der Waals surface area contributed by atoms with Gasteiger partial charge in [0.2, 0.25) is 0 Å². The van der Waals surface area contributed by atoms with E-state index in [1.165, 1.54) is 16.8 Å². The predicted octanol–water partition coefficient (Wildman–Crippen LogP) is 5.40. The first-order chi connectivity index (χ1) is 14.0. The zero-order chi connectivity index (χ0) is 21.8. The first-order valence-corrected chi connectivity index (χ1v) is 13.4. The van der Waals surface area contributed by atoms with E-state index in [9.17, 15) is 0 Å². The van der Waals surface area contributed by atoms with Crippen LogP contribution in [0.15, 0.2) is 60.7 Å². The first-order valence-electron chi connectivity index (χ1n) is 11.5. The maximum Gasteiger partial charge on any atom is 0.261 e. The molecule has 0 aromatic heterocycles. The molecule has 0 radical (unpaired) electrons. The van der Waals surface area contributed by atoms with Crippen LogP contribution in [-0.4, -0.2) is 26.6 Å². The van der Waals surface area contributed by atoms with Gasteiger partial charge in [0.15, 0.2) is 0 Å². The molecule has 1 saturated heterocycles. The van der Waals surface area contributed by atoms with E-state index < -0.39 is 8.32 Å². The van der Waals surface area contributed by atoms with Crippen molar-refractivity contribution in [3.63, 3.8) is 0 Å². The molecule has 1 aliphatic carbocycles. The summed E-state index contributed by atoms with van der Waals surface area (Å²) in [5, 5.41) is 2.71. The summed E-state index contributed by atoms with van der Waals surface area (Å²) in [5.41, 5.74) is 0.147. The lowest BCUT2D eigenvalue weighted by molar-refractivity contribution is 0.0113. The molecule has 2 aliphatic rings. The Morgan fingerprint density at radius 1 is 0.933 bits per heavy atom. The highest BCUT2D eigenvalue weighted by Gasteiger charge is 2.66. The van der Waals surface area contributed by atoms with Gasteiger partial charge in [0.1, 0.15) is 0 Å². The van der Waals surface area contributed by atoms with Gasteiger partial charge in [-0.2, -0.15) is 0 Å². The van der Waals surface area contributed by atoms with Gasteiger partial charge in [-0.1, -0.05) is 102 Å². The van der Waals surface area contributed by atoms with Crippen molar-refractivity contribution in [2.24, 2.45) is 17.3 Å². The number of fused-ring (bicyclic) bond motifs is 1. The fraction of sp³-hybridized carbons (Fsp3) is 0.556. The van der Waals surface area contributed by atoms with Crippen molar-refractivity contribution in [1.29, 1.82) is 0 Å². The van der Waals surface area contributed by atoms with Crippen LogP contribution in [0.3, 0.4) is 0 Å². The van der Waals surface area contributed by atoms with Gasteiger partial charge < -0.3 is 9.16 Å². The van der Waals surface area contributed by atoms with Gasteiger partial charge >= 0.3 is 0 Å². The van der Waals surface area contributed by atoms with E-state index in [2.05, 4.69) is 109 Å². The molecule has 4 atom stereocenters. The molecular weight excluding hydrogens is 384 g/mol. The molecule has 1 heterocycles. The van der Waals surface area contributed by atoms with Crippen molar-refractivity contribution >= 4 is 18.7 Å². The molecule has 2 aromatic rings. The molecule has 0 amide bonds. The van der Waals surface area contributed by atoms with Crippen LogP contribution in [-0.2, 0) is 9.16 Å². The lowest BCUT2D eigenvalue weighted by Gasteiger charge is -2.48. The SMILES string of the molecule is C[C@@H]1C[C@H]2O[C@@]2(C)[C@@H](CO[Si](c2ccccc2)(c2ccccc2)C(C)(C)C)C1(C)C. The fourth-order valence-electron chi connectivity index (χ4n) is 5.92. The van der Waals surface area contributed by atoms with Crippen LogP contribution < -0.4 is 10.4 Å². The van der Waals surface area contributed by atoms with Gasteiger partial charge in [-0.05, 0) is 40.1 Å². The van der Waals surface area contributed by atoms with Crippen LogP contribution in [0.25, 0.3) is 0 Å². The minimum atomic E-state index is -2.52. The molecule has 2 nitrogen and oxygen atoms in total. The normalized spacial score (nSPS) is 30.6. The second kappa shape index (κ2) is 7.32. The number of benzene rings is 2. The third-order valence-corrected chi connectivity index (χ3v) is 13.3. The van der Waals surface area contributed by atoms with E-state index >= 15 is 0 Å². The Labute approximate surface area is 184 Å². The van der Waals surface area contributed by atoms with E-state index in [1.54, 1.807) is 0 Å². The Morgan fingerprint density at radius 2 is 1.43 bits per heavy atom. The maximum absolute atomic E-state index is 7.31. The predicted molar refractivity (Wildman–Crippen MR) is 128 cm³/mol. The van der Waals surface area contributed by atoms with Gasteiger partial charge in [0.05, 0.1) is 11.7 Å². The van der Waals surface area contributed by atoms with Crippen LogP contribution >= 0.6 is 0 Å². The molecule has 162 valence electrons. The molecule has 30 heavy (non-hydrogen) atoms. The Kier molecular flexibility index (Phi) is 5.32. The monoisotopic (exact) mass is 422 g/mol. The molecule has 0 bridgehead atoms. The molecule has 0 N–H and O–H groups in total. The molecule has 3 heteroatoms. The standard InChI is InChI=1S/C27H38O2Si/c1-20-18-24-27(7,29-24)23(26(20,5)6)19-28-30(25(2,3)4,21-14-10-8-11-15-21)22-16-12-9-13-17-22/h8-17,20,23-24H,18-19H2,1-7H3/t20-,23+,24-,27+/m1/s1. The molecule has 0 spiro atoms. The number of hydrogen-bond acceptors (Lipinski definition) is 2. The van der Waals surface area contributed by atoms with Gasteiger partial charge in [-0.15, -0.1) is 0 Å². The average molecular weight is 423 g/mol. The van der Waals surface area contributed by atoms with E-state index in [-0.39, 0.29) is 16.1 Å². The summed E-state index contributed by atoms with van der Waals surface area (Å²) in [6, 6.07) is 21.9. The summed E-state index contributed by atoms with van der Waals surface area (Å²) in [6.45, 7) is 17.3. The smallest absolute Gasteiger partial charge is 0.261 e. The summed E-state index contributed by atoms with van der Waals surface area (Å²) in [5.74, 6) is 1.02. The minimum Gasteiger partial charge on any atom is -0.407 e. The van der Waals surface area contributed by atoms with Gasteiger partial charge in [-0.3, -0.25) is 0 Å².